The van der Waals surface area contributed by atoms with Gasteiger partial charge in [-0.2, -0.15) is 0 Å². The Morgan fingerprint density at radius 1 is 1.41 bits per heavy atom. The van der Waals surface area contributed by atoms with Crippen LogP contribution in [0.25, 0.3) is 0 Å². The van der Waals surface area contributed by atoms with Gasteiger partial charge in [-0.15, -0.1) is 0 Å². The Morgan fingerprint density at radius 3 is 2.71 bits per heavy atom. The number of nitrogens with zero attached hydrogens (tertiary/aromatic N) is 1. The Balaban J connectivity index is 2.36. The summed E-state index contributed by atoms with van der Waals surface area (Å²) >= 11 is 5.90. The van der Waals surface area contributed by atoms with Crippen molar-refractivity contribution in [2.45, 2.75) is 38.4 Å². The normalized spacial score (nSPS) is 25.8. The largest absolute Gasteiger partial charge is 0.326 e. The second-order valence-corrected chi connectivity index (χ2v) is 5.37. The van der Waals surface area contributed by atoms with Crippen molar-refractivity contribution in [3.63, 3.8) is 0 Å². The predicted octanol–water partition coefficient (Wildman–Crippen LogP) is 2.96. The number of benzene rings is 1. The molecule has 0 radical (unpaired) electrons. The molecule has 17 heavy (non-hydrogen) atoms. The lowest BCUT2D eigenvalue weighted by Crippen LogP contribution is -2.35. The molecule has 2 rings (SSSR count). The molecule has 2 atom stereocenters. The van der Waals surface area contributed by atoms with Gasteiger partial charge < -0.3 is 5.73 Å². The van der Waals surface area contributed by atoms with Crippen molar-refractivity contribution in [3.8, 4) is 0 Å². The number of hydrogen-bond acceptors (Lipinski definition) is 2. The maximum Gasteiger partial charge on any atom is 0.125 e. The molecule has 4 heteroatoms. The van der Waals surface area contributed by atoms with Crippen LogP contribution in [0.15, 0.2) is 18.2 Å². The van der Waals surface area contributed by atoms with Gasteiger partial charge in [-0.05, 0) is 44.0 Å². The van der Waals surface area contributed by atoms with Crippen molar-refractivity contribution in [1.82, 2.24) is 4.90 Å². The van der Waals surface area contributed by atoms with Crippen LogP contribution in [0.1, 0.15) is 31.9 Å². The maximum atomic E-state index is 13.4. The summed E-state index contributed by atoms with van der Waals surface area (Å²) in [5.41, 5.74) is 7.02. The van der Waals surface area contributed by atoms with Crippen LogP contribution in [0.4, 0.5) is 4.39 Å². The van der Waals surface area contributed by atoms with Crippen molar-refractivity contribution in [1.29, 1.82) is 0 Å². The Bertz CT molecular complexity index is 388. The van der Waals surface area contributed by atoms with Crippen molar-refractivity contribution in [2.75, 3.05) is 6.54 Å². The van der Waals surface area contributed by atoms with E-state index >= 15 is 0 Å². The molecule has 0 unspecified atom stereocenters. The Hall–Kier alpha value is -0.640. The van der Waals surface area contributed by atoms with Crippen LogP contribution in [-0.4, -0.2) is 23.5 Å². The van der Waals surface area contributed by atoms with E-state index < -0.39 is 0 Å². The zero-order valence-corrected chi connectivity index (χ0v) is 10.9. The Morgan fingerprint density at radius 2 is 2.12 bits per heavy atom. The second-order valence-electron chi connectivity index (χ2n) is 4.93. The minimum atomic E-state index is -0.296. The average molecular weight is 257 g/mol. The summed E-state index contributed by atoms with van der Waals surface area (Å²) in [5.74, 6) is -0.296. The van der Waals surface area contributed by atoms with Crippen LogP contribution in [0.2, 0.25) is 5.02 Å². The molecule has 1 heterocycles. The first-order valence-electron chi connectivity index (χ1n) is 5.96. The number of halogens is 2. The van der Waals surface area contributed by atoms with Crippen LogP contribution in [0, 0.1) is 5.82 Å². The standard InChI is InChI=1S/C13H18ClFN2/c1-8(2)17-4-3-12(16)13(17)9-5-10(14)7-11(15)6-9/h5-8,12-13H,3-4,16H2,1-2H3/t12-,13+/m0/s1. The van der Waals surface area contributed by atoms with Gasteiger partial charge in [0, 0.05) is 23.7 Å². The minimum absolute atomic E-state index is 0.0512. The van der Waals surface area contributed by atoms with Gasteiger partial charge in [-0.3, -0.25) is 4.90 Å². The van der Waals surface area contributed by atoms with Gasteiger partial charge >= 0.3 is 0 Å². The second kappa shape index (κ2) is 4.92. The zero-order chi connectivity index (χ0) is 12.6. The van der Waals surface area contributed by atoms with Gasteiger partial charge in [0.25, 0.3) is 0 Å². The van der Waals surface area contributed by atoms with Gasteiger partial charge in [-0.25, -0.2) is 4.39 Å². The lowest BCUT2D eigenvalue weighted by molar-refractivity contribution is 0.198. The molecule has 2 N–H and O–H groups in total. The van der Waals surface area contributed by atoms with E-state index in [4.69, 9.17) is 17.3 Å². The van der Waals surface area contributed by atoms with Gasteiger partial charge in [-0.1, -0.05) is 11.6 Å². The third-order valence-corrected chi connectivity index (χ3v) is 3.59. The van der Waals surface area contributed by atoms with Crippen LogP contribution in [0.5, 0.6) is 0 Å². The monoisotopic (exact) mass is 256 g/mol. The van der Waals surface area contributed by atoms with Crippen LogP contribution in [-0.2, 0) is 0 Å². The van der Waals surface area contributed by atoms with Crippen LogP contribution >= 0.6 is 11.6 Å². The van der Waals surface area contributed by atoms with Gasteiger partial charge in [0.05, 0.1) is 6.04 Å². The average Bonchev–Trinajstić information content (AvgIpc) is 2.58. The summed E-state index contributed by atoms with van der Waals surface area (Å²) in [6.45, 7) is 5.22. The van der Waals surface area contributed by atoms with E-state index in [1.807, 2.05) is 6.07 Å². The topological polar surface area (TPSA) is 29.3 Å². The van der Waals surface area contributed by atoms with E-state index in [1.54, 1.807) is 0 Å². The fourth-order valence-electron chi connectivity index (χ4n) is 2.61. The molecule has 1 aliphatic rings. The smallest absolute Gasteiger partial charge is 0.125 e. The van der Waals surface area contributed by atoms with E-state index in [1.165, 1.54) is 12.1 Å². The van der Waals surface area contributed by atoms with Crippen molar-refractivity contribution in [3.05, 3.63) is 34.6 Å². The molecule has 0 amide bonds. The molecule has 2 nitrogen and oxygen atoms in total. The quantitative estimate of drug-likeness (QED) is 0.882. The Kier molecular flexibility index (Phi) is 3.71. The molecular weight excluding hydrogens is 239 g/mol. The predicted molar refractivity (Wildman–Crippen MR) is 68.6 cm³/mol. The highest BCUT2D eigenvalue weighted by molar-refractivity contribution is 6.30. The number of rotatable bonds is 2. The maximum absolute atomic E-state index is 13.4. The highest BCUT2D eigenvalue weighted by Crippen LogP contribution is 2.34. The van der Waals surface area contributed by atoms with Crippen LogP contribution < -0.4 is 5.73 Å². The zero-order valence-electron chi connectivity index (χ0n) is 10.2. The fourth-order valence-corrected chi connectivity index (χ4v) is 2.84. The minimum Gasteiger partial charge on any atom is -0.326 e. The SMILES string of the molecule is CC(C)N1CC[C@H](N)[C@H]1c1cc(F)cc(Cl)c1. The van der Waals surface area contributed by atoms with Gasteiger partial charge in [0.15, 0.2) is 0 Å². The molecule has 94 valence electrons. The van der Waals surface area contributed by atoms with E-state index in [0.29, 0.717) is 11.1 Å². The van der Waals surface area contributed by atoms with Crippen LogP contribution in [0.3, 0.4) is 0 Å². The third-order valence-electron chi connectivity index (χ3n) is 3.37. The first kappa shape index (κ1) is 12.8. The molecule has 1 saturated heterocycles. The first-order valence-corrected chi connectivity index (χ1v) is 6.34. The highest BCUT2D eigenvalue weighted by Gasteiger charge is 2.34. The van der Waals surface area contributed by atoms with Crippen molar-refractivity contribution < 1.29 is 4.39 Å². The summed E-state index contributed by atoms with van der Waals surface area (Å²) in [5, 5.41) is 0.433. The number of likely N-dealkylation sites (tertiary alicyclic amines) is 1. The molecule has 1 aromatic rings. The summed E-state index contributed by atoms with van der Waals surface area (Å²) in [7, 11) is 0. The molecular formula is C13H18ClFN2. The van der Waals surface area contributed by atoms with E-state index in [0.717, 1.165) is 18.5 Å². The summed E-state index contributed by atoms with van der Waals surface area (Å²) in [4.78, 5) is 2.30. The fraction of sp³-hybridized carbons (Fsp3) is 0.538. The van der Waals surface area contributed by atoms with Gasteiger partial charge in [0.2, 0.25) is 0 Å². The molecule has 1 fully saturated rings. The molecule has 0 spiro atoms. The van der Waals surface area contributed by atoms with Crippen molar-refractivity contribution >= 4 is 11.6 Å². The molecule has 0 aromatic heterocycles. The highest BCUT2D eigenvalue weighted by atomic mass is 35.5. The summed E-state index contributed by atoms with van der Waals surface area (Å²) in [6, 6.07) is 5.20. The molecule has 1 aromatic carbocycles. The molecule has 0 saturated carbocycles. The van der Waals surface area contributed by atoms with E-state index in [-0.39, 0.29) is 17.9 Å². The molecule has 1 aliphatic heterocycles. The lowest BCUT2D eigenvalue weighted by Gasteiger charge is -2.30. The summed E-state index contributed by atoms with van der Waals surface area (Å²) < 4.78 is 13.4. The van der Waals surface area contributed by atoms with E-state index in [2.05, 4.69) is 18.7 Å². The van der Waals surface area contributed by atoms with Crippen molar-refractivity contribution in [2.24, 2.45) is 5.73 Å². The molecule has 0 aliphatic carbocycles. The number of nitrogens with two attached hydrogens (primary N) is 1. The Labute approximate surface area is 107 Å². The van der Waals surface area contributed by atoms with E-state index in [9.17, 15) is 4.39 Å². The molecule has 0 bridgehead atoms. The number of hydrogen-bond donors (Lipinski definition) is 1. The lowest BCUT2D eigenvalue weighted by atomic mass is 10.00. The summed E-state index contributed by atoms with van der Waals surface area (Å²) in [6.07, 6.45) is 0.941. The van der Waals surface area contributed by atoms with Gasteiger partial charge in [0.1, 0.15) is 5.82 Å². The third kappa shape index (κ3) is 2.62. The first-order chi connectivity index (χ1) is 7.99.